The Kier molecular flexibility index (Phi) is 5.26. The molecule has 114 valence electrons. The Hall–Kier alpha value is -1.97. The minimum Gasteiger partial charge on any atom is -0.483 e. The Balaban J connectivity index is 1.97. The normalized spacial score (nSPS) is 14.5. The monoisotopic (exact) mass is 288 g/mol. The molecule has 0 aromatic heterocycles. The van der Waals surface area contributed by atoms with Crippen LogP contribution < -0.4 is 10.5 Å². The van der Waals surface area contributed by atoms with E-state index in [1.165, 1.54) is 6.42 Å². The molecule has 0 aliphatic heterocycles. The van der Waals surface area contributed by atoms with Crippen LogP contribution in [0.25, 0.3) is 0 Å². The summed E-state index contributed by atoms with van der Waals surface area (Å²) in [7, 11) is 0. The number of benzene rings is 1. The highest BCUT2D eigenvalue weighted by Crippen LogP contribution is 2.22. The third-order valence-electron chi connectivity index (χ3n) is 3.78. The van der Waals surface area contributed by atoms with Crippen molar-refractivity contribution in [1.82, 2.24) is 4.90 Å². The molecular weight excluding hydrogens is 264 g/mol. The molecule has 0 fully saturated rings. The molecule has 4 heteroatoms. The van der Waals surface area contributed by atoms with E-state index in [2.05, 4.69) is 6.08 Å². The fourth-order valence-electron chi connectivity index (χ4n) is 2.66. The van der Waals surface area contributed by atoms with E-state index in [0.717, 1.165) is 30.5 Å². The first-order chi connectivity index (χ1) is 10.1. The van der Waals surface area contributed by atoms with E-state index in [9.17, 15) is 4.79 Å². The highest BCUT2D eigenvalue weighted by molar-refractivity contribution is 5.79. The number of allylic oxidation sites excluding steroid dienone is 2. The standard InChI is InChI=1S/C17H24N2O2/c1-3-19(15-7-5-4-6-8-15)17(20)12-21-16-10-9-14(18)11-13(16)2/h7,9-11H,3-6,8,12,18H2,1-2H3. The summed E-state index contributed by atoms with van der Waals surface area (Å²) in [5, 5.41) is 0. The largest absolute Gasteiger partial charge is 0.483 e. The fourth-order valence-corrected chi connectivity index (χ4v) is 2.66. The molecule has 0 spiro atoms. The second-order valence-electron chi connectivity index (χ2n) is 5.39. The van der Waals surface area contributed by atoms with E-state index in [1.54, 1.807) is 6.07 Å². The van der Waals surface area contributed by atoms with E-state index in [1.807, 2.05) is 30.9 Å². The van der Waals surface area contributed by atoms with E-state index in [-0.39, 0.29) is 12.5 Å². The first-order valence-electron chi connectivity index (χ1n) is 7.60. The van der Waals surface area contributed by atoms with Gasteiger partial charge in [0.1, 0.15) is 5.75 Å². The zero-order valence-electron chi connectivity index (χ0n) is 12.9. The van der Waals surface area contributed by atoms with Gasteiger partial charge in [-0.2, -0.15) is 0 Å². The van der Waals surface area contributed by atoms with Gasteiger partial charge in [-0.05, 0) is 63.3 Å². The molecule has 1 amide bonds. The molecule has 4 nitrogen and oxygen atoms in total. The number of aryl methyl sites for hydroxylation is 1. The number of carbonyl (C=O) groups is 1. The van der Waals surface area contributed by atoms with Crippen LogP contribution in [0.15, 0.2) is 30.0 Å². The first-order valence-corrected chi connectivity index (χ1v) is 7.60. The Morgan fingerprint density at radius 1 is 1.38 bits per heavy atom. The molecule has 0 atom stereocenters. The molecule has 0 unspecified atom stereocenters. The predicted octanol–water partition coefficient (Wildman–Crippen LogP) is 3.26. The van der Waals surface area contributed by atoms with Crippen LogP contribution in [0.1, 0.15) is 38.2 Å². The summed E-state index contributed by atoms with van der Waals surface area (Å²) >= 11 is 0. The molecule has 2 rings (SSSR count). The van der Waals surface area contributed by atoms with E-state index < -0.39 is 0 Å². The zero-order valence-corrected chi connectivity index (χ0v) is 12.9. The van der Waals surface area contributed by atoms with Gasteiger partial charge in [0, 0.05) is 17.9 Å². The number of rotatable bonds is 5. The summed E-state index contributed by atoms with van der Waals surface area (Å²) < 4.78 is 5.65. The smallest absolute Gasteiger partial charge is 0.264 e. The lowest BCUT2D eigenvalue weighted by Gasteiger charge is -2.26. The maximum Gasteiger partial charge on any atom is 0.264 e. The number of nitrogens with zero attached hydrogens (tertiary/aromatic N) is 1. The summed E-state index contributed by atoms with van der Waals surface area (Å²) in [5.41, 5.74) is 8.51. The van der Waals surface area contributed by atoms with E-state index in [0.29, 0.717) is 18.0 Å². The second-order valence-corrected chi connectivity index (χ2v) is 5.39. The van der Waals surface area contributed by atoms with Crippen LogP contribution in [0.2, 0.25) is 0 Å². The first kappa shape index (κ1) is 15.4. The van der Waals surface area contributed by atoms with Crippen LogP contribution in [-0.2, 0) is 4.79 Å². The summed E-state index contributed by atoms with van der Waals surface area (Å²) in [6.45, 7) is 4.68. The van der Waals surface area contributed by atoms with Crippen LogP contribution in [0.5, 0.6) is 5.75 Å². The van der Waals surface area contributed by atoms with Crippen molar-refractivity contribution in [2.45, 2.75) is 39.5 Å². The third kappa shape index (κ3) is 4.00. The molecule has 1 aliphatic carbocycles. The maximum absolute atomic E-state index is 12.4. The van der Waals surface area contributed by atoms with Gasteiger partial charge in [-0.3, -0.25) is 4.79 Å². The van der Waals surface area contributed by atoms with Gasteiger partial charge >= 0.3 is 0 Å². The lowest BCUT2D eigenvalue weighted by atomic mass is 10.0. The lowest BCUT2D eigenvalue weighted by Crippen LogP contribution is -2.34. The number of likely N-dealkylation sites (N-methyl/N-ethyl adjacent to an activating group) is 1. The molecule has 1 aromatic rings. The lowest BCUT2D eigenvalue weighted by molar-refractivity contribution is -0.131. The number of hydrogen-bond donors (Lipinski definition) is 1. The molecular formula is C17H24N2O2. The molecule has 0 heterocycles. The Labute approximate surface area is 126 Å². The summed E-state index contributed by atoms with van der Waals surface area (Å²) in [5.74, 6) is 0.730. The van der Waals surface area contributed by atoms with Crippen molar-refractivity contribution in [3.8, 4) is 5.75 Å². The Bertz CT molecular complexity index is 538. The van der Waals surface area contributed by atoms with Crippen LogP contribution >= 0.6 is 0 Å². The van der Waals surface area contributed by atoms with Crippen molar-refractivity contribution in [2.24, 2.45) is 0 Å². The summed E-state index contributed by atoms with van der Waals surface area (Å²) in [4.78, 5) is 14.2. The molecule has 0 bridgehead atoms. The van der Waals surface area contributed by atoms with Crippen LogP contribution in [-0.4, -0.2) is 24.0 Å². The third-order valence-corrected chi connectivity index (χ3v) is 3.78. The van der Waals surface area contributed by atoms with Gasteiger partial charge in [0.05, 0.1) is 0 Å². The van der Waals surface area contributed by atoms with E-state index >= 15 is 0 Å². The van der Waals surface area contributed by atoms with Crippen molar-refractivity contribution in [3.63, 3.8) is 0 Å². The number of nitrogen functional groups attached to an aromatic ring is 1. The molecule has 21 heavy (non-hydrogen) atoms. The highest BCUT2D eigenvalue weighted by Gasteiger charge is 2.18. The van der Waals surface area contributed by atoms with Gasteiger partial charge in [-0.1, -0.05) is 6.08 Å². The summed E-state index contributed by atoms with van der Waals surface area (Å²) in [6.07, 6.45) is 6.61. The molecule has 2 N–H and O–H groups in total. The van der Waals surface area contributed by atoms with Crippen molar-refractivity contribution >= 4 is 11.6 Å². The second kappa shape index (κ2) is 7.16. The van der Waals surface area contributed by atoms with Crippen LogP contribution in [0.3, 0.4) is 0 Å². The number of hydrogen-bond acceptors (Lipinski definition) is 3. The quantitative estimate of drug-likeness (QED) is 0.846. The molecule has 0 saturated carbocycles. The summed E-state index contributed by atoms with van der Waals surface area (Å²) in [6, 6.07) is 5.45. The van der Waals surface area contributed by atoms with E-state index in [4.69, 9.17) is 10.5 Å². The SMILES string of the molecule is CCN(C(=O)COc1ccc(N)cc1C)C1=CCCCC1. The Morgan fingerprint density at radius 3 is 2.81 bits per heavy atom. The molecule has 0 saturated heterocycles. The number of amides is 1. The minimum atomic E-state index is 0.0156. The minimum absolute atomic E-state index is 0.0156. The predicted molar refractivity (Wildman–Crippen MR) is 85.0 cm³/mol. The van der Waals surface area contributed by atoms with Gasteiger partial charge in [0.15, 0.2) is 6.61 Å². The maximum atomic E-state index is 12.4. The highest BCUT2D eigenvalue weighted by atomic mass is 16.5. The van der Waals surface area contributed by atoms with Gasteiger partial charge in [-0.15, -0.1) is 0 Å². The number of ether oxygens (including phenoxy) is 1. The van der Waals surface area contributed by atoms with Gasteiger partial charge < -0.3 is 15.4 Å². The topological polar surface area (TPSA) is 55.6 Å². The van der Waals surface area contributed by atoms with Crippen LogP contribution in [0, 0.1) is 6.92 Å². The van der Waals surface area contributed by atoms with Crippen LogP contribution in [0.4, 0.5) is 5.69 Å². The van der Waals surface area contributed by atoms with Gasteiger partial charge in [0.25, 0.3) is 5.91 Å². The van der Waals surface area contributed by atoms with Crippen molar-refractivity contribution in [2.75, 3.05) is 18.9 Å². The average molecular weight is 288 g/mol. The van der Waals surface area contributed by atoms with Crippen molar-refractivity contribution in [3.05, 3.63) is 35.5 Å². The van der Waals surface area contributed by atoms with Gasteiger partial charge in [0.2, 0.25) is 0 Å². The fraction of sp³-hybridized carbons (Fsp3) is 0.471. The van der Waals surface area contributed by atoms with Crippen molar-refractivity contribution in [1.29, 1.82) is 0 Å². The molecule has 1 aromatic carbocycles. The number of nitrogens with two attached hydrogens (primary N) is 1. The molecule has 0 radical (unpaired) electrons. The molecule has 1 aliphatic rings. The zero-order chi connectivity index (χ0) is 15.2. The number of anilines is 1. The van der Waals surface area contributed by atoms with Crippen molar-refractivity contribution < 1.29 is 9.53 Å². The van der Waals surface area contributed by atoms with Gasteiger partial charge in [-0.25, -0.2) is 0 Å². The Morgan fingerprint density at radius 2 is 2.19 bits per heavy atom. The average Bonchev–Trinajstić information content (AvgIpc) is 2.48. The number of carbonyl (C=O) groups excluding carboxylic acids is 1.